The predicted molar refractivity (Wildman–Crippen MR) is 500 cm³/mol. The quantitative estimate of drug-likeness (QED) is 0.0408. The van der Waals surface area contributed by atoms with Crippen LogP contribution in [0, 0.1) is 6.92 Å². The van der Waals surface area contributed by atoms with Gasteiger partial charge in [-0.25, -0.2) is 29.9 Å². The number of aromatic nitrogens is 12. The van der Waals surface area contributed by atoms with E-state index < -0.39 is 0 Å². The van der Waals surface area contributed by atoms with Crippen molar-refractivity contribution in [3.05, 3.63) is 263 Å². The first-order valence-corrected chi connectivity index (χ1v) is 42.0. The molecule has 7 aromatic carbocycles. The Bertz CT molecular complexity index is 6440. The molecule has 2 atom stereocenters. The number of hydrogen-bond acceptors (Lipinski definition) is 26. The Labute approximate surface area is 734 Å². The second-order valence-electron chi connectivity index (χ2n) is 31.7. The number of hydrogen-bond donors (Lipinski definition) is 4. The molecule has 4 fully saturated rings. The van der Waals surface area contributed by atoms with E-state index >= 15 is 0 Å². The summed E-state index contributed by atoms with van der Waals surface area (Å²) in [6, 6.07) is 52.5. The summed E-state index contributed by atoms with van der Waals surface area (Å²) in [5, 5.41) is 12.6. The number of likely N-dealkylation sites (tertiary alicyclic amines) is 2. The number of nitrogens with zero attached hydrogens (tertiary/aromatic N) is 20. The van der Waals surface area contributed by atoms with Crippen molar-refractivity contribution in [1.29, 1.82) is 0 Å². The monoisotopic (exact) mass is 1710 g/mol. The average molecular weight is 1710 g/mol. The predicted octanol–water partition coefficient (Wildman–Crippen LogP) is 11.7. The highest BCUT2D eigenvalue weighted by Gasteiger charge is 2.33. The minimum Gasteiger partial charge on any atom is -0.494 e. The number of carbonyl (C=O) groups excluding carboxylic acids is 3. The first-order chi connectivity index (χ1) is 61.6. The van der Waals surface area contributed by atoms with Gasteiger partial charge >= 0.3 is 0 Å². The summed E-state index contributed by atoms with van der Waals surface area (Å²) in [5.41, 5.74) is 12.4. The largest absolute Gasteiger partial charge is 0.494 e. The molecule has 32 heteroatoms. The van der Waals surface area contributed by atoms with Gasteiger partial charge in [0.05, 0.1) is 62.0 Å². The lowest BCUT2D eigenvalue weighted by Crippen LogP contribution is -2.44. The molecule has 4 aliphatic heterocycles. The van der Waals surface area contributed by atoms with Gasteiger partial charge in [-0.2, -0.15) is 15.0 Å². The molecule has 32 nitrogen and oxygen atoms in total. The minimum absolute atomic E-state index is 0.144. The van der Waals surface area contributed by atoms with Crippen molar-refractivity contribution in [3.63, 3.8) is 0 Å². The van der Waals surface area contributed by atoms with E-state index in [4.69, 9.17) is 24.4 Å². The first kappa shape index (κ1) is 87.0. The number of likely N-dealkylation sites (N-methyl/N-ethyl adjacent to an activating group) is 4. The van der Waals surface area contributed by atoms with Crippen LogP contribution < -0.4 is 62.1 Å². The Kier molecular flexibility index (Phi) is 26.9. The number of methoxy groups -OCH3 is 2. The smallest absolute Gasteiger partial charge is 0.283 e. The van der Waals surface area contributed by atoms with Crippen molar-refractivity contribution in [2.75, 3.05) is 177 Å². The lowest BCUT2D eigenvalue weighted by atomic mass is 10.1. The Balaban J connectivity index is 0.000000147. The molecule has 0 saturated carbocycles. The molecule has 127 heavy (non-hydrogen) atoms. The number of piperazine rings is 2. The van der Waals surface area contributed by atoms with Crippen molar-refractivity contribution >= 4 is 109 Å². The number of aryl methyl sites for hydroxylation is 1. The van der Waals surface area contributed by atoms with Crippen LogP contribution in [-0.2, 0) is 14.4 Å². The van der Waals surface area contributed by atoms with Gasteiger partial charge in [-0.3, -0.25) is 42.5 Å². The van der Waals surface area contributed by atoms with E-state index in [2.05, 4.69) is 140 Å². The van der Waals surface area contributed by atoms with Crippen LogP contribution in [0.2, 0.25) is 0 Å². The molecule has 3 amide bonds. The summed E-state index contributed by atoms with van der Waals surface area (Å²) in [6.07, 6.45) is 9.89. The van der Waals surface area contributed by atoms with Gasteiger partial charge in [0.2, 0.25) is 35.6 Å². The van der Waals surface area contributed by atoms with Gasteiger partial charge in [-0.15, -0.1) is 0 Å². The fourth-order valence-electron chi connectivity index (χ4n) is 16.0. The molecule has 10 heterocycles. The third kappa shape index (κ3) is 19.9. The summed E-state index contributed by atoms with van der Waals surface area (Å²) in [6.45, 7) is 24.5. The maximum Gasteiger partial charge on any atom is 0.283 e. The molecule has 650 valence electrons. The fraction of sp³-hybridized carbons (Fsp3) is 0.274. The SMILES string of the molecule is C=CC(=O)N1CCC(n2c(=O)c(-c3ccccc3)nc3cnc(Nc4ccc(N5CCN(C)CC5)c(C)c4)nc32)C1.C=CC(=O)N1CC[C@H](n2c(=O)c(-c3ccccc3)nc3cnc(Nc4ccc(N5CCN(C)CC5)cc4OC)nc32)C1.C=CC(=O)Nc1cccc(-n2c(=O)c(-c3ccccc3)nc3cnc(Nc4ccc(N(C)CCN(C)C)cc4OC)nc32)c1. The molecule has 17 rings (SSSR count). The van der Waals surface area contributed by atoms with Gasteiger partial charge in [0.1, 0.15) is 45.1 Å². The molecule has 4 saturated heterocycles. The third-order valence-electron chi connectivity index (χ3n) is 22.9. The standard InChI is InChI=1S/C33H34N8O3.C31H34N8O3.C31H34N8O2/c1-6-29(42)35-23-13-10-14-25(19-23)41-31-27(36-30(32(41)43)22-11-8-7-9-12-22)21-34-33(38-31)37-26-16-15-24(20-28(26)44-5)40(4)18-17-39(2)3;1-4-27(40)38-13-12-23(20-38)39-29-25(33-28(30(39)41)21-8-6-5-7-9-21)19-32-31(35-29)34-24-11-10-22(18-26(24)42-3)37-16-14-36(2)15-17-37;1-4-27(40)38-13-12-24(20-38)39-29-25(34-28(30(39)41)22-8-6-5-7-9-22)19-32-31(35-29)33-23-10-11-26(21(2)18-23)37-16-14-36(3)15-17-37/h6-16,19-21H,1,17-18H2,2-5H3,(H,35,42)(H,34,37,38);4-11,18-19,23H,1,12-17,20H2,2-3H3,(H,32,34,35);4-11,18-19,24H,1,12-17,20H2,2-3H3,(H,32,33,35)/t;23-;/m.0./s1. The van der Waals surface area contributed by atoms with Crippen LogP contribution in [0.4, 0.5) is 57.7 Å². The number of ether oxygens (including phenoxy) is 2. The van der Waals surface area contributed by atoms with Crippen molar-refractivity contribution in [2.24, 2.45) is 0 Å². The van der Waals surface area contributed by atoms with Crippen molar-refractivity contribution in [3.8, 4) is 51.0 Å². The Morgan fingerprint density at radius 3 is 1.43 bits per heavy atom. The topological polar surface area (TPSA) is 326 Å². The summed E-state index contributed by atoms with van der Waals surface area (Å²) in [5.74, 6) is 1.56. The number of amides is 3. The number of anilines is 10. The van der Waals surface area contributed by atoms with Crippen LogP contribution in [-0.4, -0.2) is 242 Å². The zero-order chi connectivity index (χ0) is 88.9. The molecule has 1 unspecified atom stereocenters. The number of benzene rings is 7. The van der Waals surface area contributed by atoms with Gasteiger partial charge in [0.15, 0.2) is 16.9 Å². The van der Waals surface area contributed by atoms with E-state index in [-0.39, 0.29) is 58.1 Å². The van der Waals surface area contributed by atoms with E-state index in [9.17, 15) is 28.8 Å². The van der Waals surface area contributed by atoms with Gasteiger partial charge in [-0.05, 0) is 132 Å². The molecular weight excluding hydrogens is 1610 g/mol. The highest BCUT2D eigenvalue weighted by Crippen LogP contribution is 2.37. The van der Waals surface area contributed by atoms with Gasteiger partial charge in [0.25, 0.3) is 16.7 Å². The number of carbonyl (C=O) groups is 3. The van der Waals surface area contributed by atoms with E-state index in [1.54, 1.807) is 76.0 Å². The summed E-state index contributed by atoms with van der Waals surface area (Å²) < 4.78 is 16.2. The Hall–Kier alpha value is -14.9. The molecule has 0 aliphatic carbocycles. The van der Waals surface area contributed by atoms with Crippen LogP contribution in [0.25, 0.3) is 73.0 Å². The van der Waals surface area contributed by atoms with Crippen molar-refractivity contribution in [1.82, 2.24) is 83.1 Å². The molecule has 0 radical (unpaired) electrons. The molecular formula is C95H102N24O8. The second-order valence-corrected chi connectivity index (χ2v) is 31.7. The van der Waals surface area contributed by atoms with E-state index in [0.29, 0.717) is 141 Å². The van der Waals surface area contributed by atoms with Crippen LogP contribution in [0.15, 0.2) is 241 Å². The fourth-order valence-corrected chi connectivity index (χ4v) is 16.0. The van der Waals surface area contributed by atoms with E-state index in [1.807, 2.05) is 149 Å². The first-order valence-electron chi connectivity index (χ1n) is 42.0. The van der Waals surface area contributed by atoms with Gasteiger partial charge in [0, 0.05) is 156 Å². The second kappa shape index (κ2) is 39.3. The summed E-state index contributed by atoms with van der Waals surface area (Å²) in [4.78, 5) is 138. The average Bonchev–Trinajstić information content (AvgIpc) is 1.00. The van der Waals surface area contributed by atoms with Crippen LogP contribution in [0.5, 0.6) is 11.5 Å². The lowest BCUT2D eigenvalue weighted by molar-refractivity contribution is -0.125. The van der Waals surface area contributed by atoms with E-state index in [1.165, 1.54) is 34.0 Å². The Morgan fingerprint density at radius 1 is 0.465 bits per heavy atom. The summed E-state index contributed by atoms with van der Waals surface area (Å²) in [7, 11) is 13.7. The molecule has 0 bridgehead atoms. The van der Waals surface area contributed by atoms with Crippen LogP contribution >= 0.6 is 0 Å². The minimum atomic E-state index is -0.372. The number of fused-ring (bicyclic) bond motifs is 3. The molecule has 4 N–H and O–H groups in total. The van der Waals surface area contributed by atoms with Crippen LogP contribution in [0.1, 0.15) is 30.5 Å². The Morgan fingerprint density at radius 2 is 0.937 bits per heavy atom. The normalized spacial score (nSPS) is 15.3. The zero-order valence-electron chi connectivity index (χ0n) is 72.4. The maximum absolute atomic E-state index is 14.0. The highest BCUT2D eigenvalue weighted by molar-refractivity contribution is 5.99. The lowest BCUT2D eigenvalue weighted by Gasteiger charge is -2.35. The van der Waals surface area contributed by atoms with Crippen molar-refractivity contribution in [2.45, 2.75) is 31.8 Å². The van der Waals surface area contributed by atoms with Crippen LogP contribution in [0.3, 0.4) is 0 Å². The third-order valence-corrected chi connectivity index (χ3v) is 22.9. The van der Waals surface area contributed by atoms with Gasteiger partial charge in [-0.1, -0.05) is 117 Å². The highest BCUT2D eigenvalue weighted by atomic mass is 16.5. The zero-order valence-corrected chi connectivity index (χ0v) is 72.4. The van der Waals surface area contributed by atoms with Crippen molar-refractivity contribution < 1.29 is 23.9 Å². The van der Waals surface area contributed by atoms with E-state index in [0.717, 1.165) is 88.1 Å². The molecule has 0 spiro atoms. The van der Waals surface area contributed by atoms with Gasteiger partial charge < -0.3 is 69.9 Å². The number of nitrogens with one attached hydrogen (secondary N) is 4. The summed E-state index contributed by atoms with van der Waals surface area (Å²) >= 11 is 0. The number of rotatable bonds is 24. The molecule has 6 aromatic heterocycles. The maximum atomic E-state index is 14.0. The molecule has 13 aromatic rings. The molecule has 4 aliphatic rings.